The second-order valence-corrected chi connectivity index (χ2v) is 6.42. The lowest BCUT2D eigenvalue weighted by Crippen LogP contribution is -2.39. The Balaban J connectivity index is 1.56. The Kier molecular flexibility index (Phi) is 6.19. The number of nitrogens with two attached hydrogens (primary N) is 1. The van der Waals surface area contributed by atoms with Crippen LogP contribution in [0.5, 0.6) is 0 Å². The zero-order valence-electron chi connectivity index (χ0n) is 14.9. The molecule has 2 heterocycles. The number of imidazole rings is 1. The van der Waals surface area contributed by atoms with Crippen molar-refractivity contribution in [3.05, 3.63) is 36.5 Å². The molecule has 1 aliphatic rings. The Hall–Kier alpha value is -2.45. The molecule has 0 unspecified atom stereocenters. The molecule has 0 atom stereocenters. The van der Waals surface area contributed by atoms with Gasteiger partial charge in [0.05, 0.1) is 19.3 Å². The van der Waals surface area contributed by atoms with E-state index in [1.54, 1.807) is 42.5 Å². The van der Waals surface area contributed by atoms with Gasteiger partial charge in [-0.15, -0.1) is 0 Å². The smallest absolute Gasteiger partial charge is 0.270 e. The van der Waals surface area contributed by atoms with Crippen molar-refractivity contribution in [3.8, 4) is 5.82 Å². The molecule has 0 radical (unpaired) electrons. The number of rotatable bonds is 7. The molecule has 2 aromatic heterocycles. The zero-order chi connectivity index (χ0) is 18.4. The first kappa shape index (κ1) is 18.3. The van der Waals surface area contributed by atoms with Gasteiger partial charge in [-0.2, -0.15) is 0 Å². The van der Waals surface area contributed by atoms with Crippen molar-refractivity contribution in [2.75, 3.05) is 26.1 Å². The van der Waals surface area contributed by atoms with Crippen LogP contribution < -0.4 is 11.1 Å². The lowest BCUT2D eigenvalue weighted by atomic mass is 9.93. The summed E-state index contributed by atoms with van der Waals surface area (Å²) in [5.74, 6) is 0.366. The van der Waals surface area contributed by atoms with Gasteiger partial charge in [-0.25, -0.2) is 9.97 Å². The van der Waals surface area contributed by atoms with Gasteiger partial charge in [0, 0.05) is 37.3 Å². The number of anilines is 1. The molecule has 1 aliphatic carbocycles. The number of nitrogens with zero attached hydrogens (tertiary/aromatic N) is 3. The highest BCUT2D eigenvalue weighted by Gasteiger charge is 2.23. The minimum Gasteiger partial charge on any atom is -0.399 e. The molecular weight excluding hydrogens is 334 g/mol. The van der Waals surface area contributed by atoms with Crippen molar-refractivity contribution in [1.29, 1.82) is 0 Å². The summed E-state index contributed by atoms with van der Waals surface area (Å²) < 4.78 is 12.5. The minimum atomic E-state index is -0.206. The summed E-state index contributed by atoms with van der Waals surface area (Å²) in [6.45, 7) is 1.22. The summed E-state index contributed by atoms with van der Waals surface area (Å²) in [5, 5.41) is 3.06. The van der Waals surface area contributed by atoms with E-state index >= 15 is 0 Å². The summed E-state index contributed by atoms with van der Waals surface area (Å²) in [7, 11) is 1.67. The van der Waals surface area contributed by atoms with Gasteiger partial charge in [0.1, 0.15) is 17.8 Å². The molecule has 1 amide bonds. The highest BCUT2D eigenvalue weighted by molar-refractivity contribution is 5.93. The minimum absolute atomic E-state index is 0.129. The van der Waals surface area contributed by atoms with E-state index in [9.17, 15) is 4.79 Å². The first-order chi connectivity index (χ1) is 12.7. The second kappa shape index (κ2) is 8.77. The third-order valence-electron chi connectivity index (χ3n) is 4.49. The van der Waals surface area contributed by atoms with Crippen LogP contribution in [0.1, 0.15) is 36.2 Å². The first-order valence-electron chi connectivity index (χ1n) is 8.83. The zero-order valence-corrected chi connectivity index (χ0v) is 14.9. The van der Waals surface area contributed by atoms with Crippen LogP contribution >= 0.6 is 0 Å². The van der Waals surface area contributed by atoms with Crippen LogP contribution in [0.3, 0.4) is 0 Å². The Bertz CT molecular complexity index is 712. The fourth-order valence-corrected chi connectivity index (χ4v) is 3.11. The van der Waals surface area contributed by atoms with E-state index in [0.29, 0.717) is 30.4 Å². The van der Waals surface area contributed by atoms with Crippen LogP contribution in [0, 0.1) is 0 Å². The quantitative estimate of drug-likeness (QED) is 0.727. The van der Waals surface area contributed by atoms with E-state index in [1.807, 2.05) is 0 Å². The van der Waals surface area contributed by atoms with E-state index in [4.69, 9.17) is 15.2 Å². The van der Waals surface area contributed by atoms with Crippen molar-refractivity contribution in [3.63, 3.8) is 0 Å². The number of carbonyl (C=O) groups is 1. The second-order valence-electron chi connectivity index (χ2n) is 6.42. The molecule has 3 N–H and O–H groups in total. The van der Waals surface area contributed by atoms with Gasteiger partial charge in [0.15, 0.2) is 0 Å². The average molecular weight is 359 g/mol. The standard InChI is InChI=1S/C18H25N5O3/c1-25-8-9-26-15-4-2-14(3-5-15)21-18(24)16-10-13(19)11-17(22-16)23-7-6-20-12-23/h6-7,10-12,14-15H,2-5,8-9H2,1H3,(H2,19,22)(H,21,24). The van der Waals surface area contributed by atoms with Crippen molar-refractivity contribution in [1.82, 2.24) is 19.9 Å². The topological polar surface area (TPSA) is 104 Å². The normalized spacial score (nSPS) is 20.0. The van der Waals surface area contributed by atoms with Gasteiger partial charge in [-0.3, -0.25) is 9.36 Å². The summed E-state index contributed by atoms with van der Waals surface area (Å²) in [5.41, 5.74) is 6.73. The van der Waals surface area contributed by atoms with E-state index < -0.39 is 0 Å². The fraction of sp³-hybridized carbons (Fsp3) is 0.500. The fourth-order valence-electron chi connectivity index (χ4n) is 3.11. The largest absolute Gasteiger partial charge is 0.399 e. The van der Waals surface area contributed by atoms with Crippen LogP contribution in [0.15, 0.2) is 30.9 Å². The maximum atomic E-state index is 12.6. The maximum absolute atomic E-state index is 12.6. The van der Waals surface area contributed by atoms with E-state index in [-0.39, 0.29) is 18.1 Å². The van der Waals surface area contributed by atoms with Crippen molar-refractivity contribution >= 4 is 11.6 Å². The molecule has 2 aromatic rings. The summed E-state index contributed by atoms with van der Waals surface area (Å²) in [6, 6.07) is 3.43. The molecule has 26 heavy (non-hydrogen) atoms. The van der Waals surface area contributed by atoms with Crippen molar-refractivity contribution < 1.29 is 14.3 Å². The Morgan fingerprint density at radius 2 is 2.12 bits per heavy atom. The van der Waals surface area contributed by atoms with Gasteiger partial charge in [0.2, 0.25) is 0 Å². The Morgan fingerprint density at radius 1 is 1.31 bits per heavy atom. The number of carbonyl (C=O) groups excluding carboxylic acids is 1. The molecule has 1 saturated carbocycles. The highest BCUT2D eigenvalue weighted by atomic mass is 16.5. The van der Waals surface area contributed by atoms with E-state index in [0.717, 1.165) is 25.7 Å². The Morgan fingerprint density at radius 3 is 2.81 bits per heavy atom. The third kappa shape index (κ3) is 4.80. The molecule has 8 heteroatoms. The molecule has 8 nitrogen and oxygen atoms in total. The molecule has 0 aromatic carbocycles. The highest BCUT2D eigenvalue weighted by Crippen LogP contribution is 2.22. The molecular formula is C18H25N5O3. The molecule has 0 aliphatic heterocycles. The number of aromatic nitrogens is 3. The predicted octanol–water partition coefficient (Wildman–Crippen LogP) is 1.55. The monoisotopic (exact) mass is 359 g/mol. The predicted molar refractivity (Wildman–Crippen MR) is 97.1 cm³/mol. The number of nitrogen functional groups attached to an aromatic ring is 1. The lowest BCUT2D eigenvalue weighted by Gasteiger charge is -2.29. The number of ether oxygens (including phenoxy) is 2. The van der Waals surface area contributed by atoms with Crippen molar-refractivity contribution in [2.45, 2.75) is 37.8 Å². The van der Waals surface area contributed by atoms with Gasteiger partial charge in [-0.05, 0) is 31.7 Å². The summed E-state index contributed by atoms with van der Waals surface area (Å²) in [4.78, 5) is 21.0. The number of nitrogens with one attached hydrogen (secondary N) is 1. The number of pyridine rings is 1. The number of hydrogen-bond acceptors (Lipinski definition) is 6. The number of amides is 1. The van der Waals surface area contributed by atoms with Crippen LogP contribution in [-0.4, -0.2) is 52.9 Å². The van der Waals surface area contributed by atoms with Gasteiger partial charge in [-0.1, -0.05) is 0 Å². The molecule has 3 rings (SSSR count). The van der Waals surface area contributed by atoms with E-state index in [1.165, 1.54) is 0 Å². The molecule has 1 fully saturated rings. The first-order valence-corrected chi connectivity index (χ1v) is 8.83. The third-order valence-corrected chi connectivity index (χ3v) is 4.49. The number of hydrogen-bond donors (Lipinski definition) is 2. The van der Waals surface area contributed by atoms with Crippen LogP contribution in [0.25, 0.3) is 5.82 Å². The van der Waals surface area contributed by atoms with Crippen LogP contribution in [0.4, 0.5) is 5.69 Å². The van der Waals surface area contributed by atoms with Gasteiger partial charge >= 0.3 is 0 Å². The van der Waals surface area contributed by atoms with Crippen LogP contribution in [-0.2, 0) is 9.47 Å². The summed E-state index contributed by atoms with van der Waals surface area (Å²) >= 11 is 0. The lowest BCUT2D eigenvalue weighted by molar-refractivity contribution is -0.00409. The maximum Gasteiger partial charge on any atom is 0.270 e. The molecule has 0 spiro atoms. The van der Waals surface area contributed by atoms with Gasteiger partial charge < -0.3 is 20.5 Å². The van der Waals surface area contributed by atoms with E-state index in [2.05, 4.69) is 15.3 Å². The summed E-state index contributed by atoms with van der Waals surface area (Å²) in [6.07, 6.45) is 8.91. The number of methoxy groups -OCH3 is 1. The van der Waals surface area contributed by atoms with Gasteiger partial charge in [0.25, 0.3) is 5.91 Å². The van der Waals surface area contributed by atoms with Crippen LogP contribution in [0.2, 0.25) is 0 Å². The molecule has 0 bridgehead atoms. The van der Waals surface area contributed by atoms with Crippen molar-refractivity contribution in [2.24, 2.45) is 0 Å². The Labute approximate surface area is 152 Å². The molecule has 0 saturated heterocycles. The SMILES string of the molecule is COCCOC1CCC(NC(=O)c2cc(N)cc(-n3ccnc3)n2)CC1. The molecule has 140 valence electrons. The average Bonchev–Trinajstić information content (AvgIpc) is 3.18.